The van der Waals surface area contributed by atoms with Crippen molar-refractivity contribution in [2.75, 3.05) is 17.1 Å². The normalized spacial score (nSPS) is 10.9. The first-order valence-corrected chi connectivity index (χ1v) is 12.3. The highest BCUT2D eigenvalue weighted by Crippen LogP contribution is 2.21. The third-order valence-electron chi connectivity index (χ3n) is 5.13. The van der Waals surface area contributed by atoms with Gasteiger partial charge in [-0.2, -0.15) is 0 Å². The second kappa shape index (κ2) is 10.8. The number of hydrogen-bond acceptors (Lipinski definition) is 5. The molecule has 0 spiro atoms. The fourth-order valence-electron chi connectivity index (χ4n) is 3.24. The fraction of sp³-hybridized carbons (Fsp3) is 0.0741. The Morgan fingerprint density at radius 3 is 1.97 bits per heavy atom. The third kappa shape index (κ3) is 6.39. The summed E-state index contributed by atoms with van der Waals surface area (Å²) < 4.78 is 38.6. The van der Waals surface area contributed by atoms with Crippen molar-refractivity contribution in [3.8, 4) is 11.5 Å². The highest BCUT2D eigenvalue weighted by molar-refractivity contribution is 7.92. The van der Waals surface area contributed by atoms with Crippen LogP contribution in [-0.4, -0.2) is 21.4 Å². The van der Waals surface area contributed by atoms with E-state index in [4.69, 9.17) is 9.47 Å². The number of ether oxygens (including phenoxy) is 2. The lowest BCUT2D eigenvalue weighted by Crippen LogP contribution is -2.14. The number of methoxy groups -OCH3 is 1. The molecule has 1 amide bonds. The Kier molecular flexibility index (Phi) is 7.32. The summed E-state index contributed by atoms with van der Waals surface area (Å²) in [5.41, 5.74) is 2.40. The molecule has 0 aromatic heterocycles. The molecule has 0 bridgehead atoms. The maximum atomic E-state index is 12.6. The molecule has 0 aliphatic carbocycles. The Hall–Kier alpha value is -4.30. The Bertz CT molecular complexity index is 1370. The molecule has 0 aliphatic rings. The molecule has 178 valence electrons. The van der Waals surface area contributed by atoms with Crippen molar-refractivity contribution in [2.24, 2.45) is 0 Å². The number of benzene rings is 4. The van der Waals surface area contributed by atoms with E-state index in [1.165, 1.54) is 31.4 Å². The van der Waals surface area contributed by atoms with Crippen LogP contribution in [0.5, 0.6) is 11.5 Å². The number of amides is 1. The van der Waals surface area contributed by atoms with E-state index < -0.39 is 10.0 Å². The molecule has 8 heteroatoms. The van der Waals surface area contributed by atoms with Crippen molar-refractivity contribution < 1.29 is 22.7 Å². The number of rotatable bonds is 9. The highest BCUT2D eigenvalue weighted by atomic mass is 32.2. The van der Waals surface area contributed by atoms with Gasteiger partial charge in [0.25, 0.3) is 15.9 Å². The Morgan fingerprint density at radius 1 is 0.743 bits per heavy atom. The van der Waals surface area contributed by atoms with E-state index in [-0.39, 0.29) is 10.8 Å². The third-order valence-corrected chi connectivity index (χ3v) is 6.53. The zero-order chi connectivity index (χ0) is 24.7. The maximum absolute atomic E-state index is 12.6. The first-order chi connectivity index (χ1) is 16.9. The molecule has 0 radical (unpaired) electrons. The average molecular weight is 489 g/mol. The monoisotopic (exact) mass is 488 g/mol. The Labute approximate surface area is 204 Å². The van der Waals surface area contributed by atoms with Crippen molar-refractivity contribution in [1.29, 1.82) is 0 Å². The van der Waals surface area contributed by atoms with Crippen LogP contribution in [0.1, 0.15) is 15.9 Å². The minimum Gasteiger partial charge on any atom is -0.497 e. The minimum atomic E-state index is -3.80. The van der Waals surface area contributed by atoms with Gasteiger partial charge in [0.2, 0.25) is 0 Å². The minimum absolute atomic E-state index is 0.0461. The smallest absolute Gasteiger partial charge is 0.261 e. The number of hydrogen-bond donors (Lipinski definition) is 2. The van der Waals surface area contributed by atoms with E-state index in [0.717, 1.165) is 5.56 Å². The van der Waals surface area contributed by atoms with Crippen LogP contribution in [0, 0.1) is 0 Å². The largest absolute Gasteiger partial charge is 0.497 e. The van der Waals surface area contributed by atoms with Gasteiger partial charge in [0.1, 0.15) is 18.1 Å². The van der Waals surface area contributed by atoms with Gasteiger partial charge >= 0.3 is 0 Å². The Morgan fingerprint density at radius 2 is 1.34 bits per heavy atom. The number of nitrogens with one attached hydrogen (secondary N) is 2. The lowest BCUT2D eigenvalue weighted by Gasteiger charge is -2.10. The molecular weight excluding hydrogens is 464 g/mol. The van der Waals surface area contributed by atoms with Crippen molar-refractivity contribution >= 4 is 27.3 Å². The van der Waals surface area contributed by atoms with Crippen LogP contribution in [0.15, 0.2) is 108 Å². The first kappa shape index (κ1) is 23.8. The molecule has 0 saturated heterocycles. The van der Waals surface area contributed by atoms with Crippen molar-refractivity contribution in [3.05, 3.63) is 114 Å². The van der Waals surface area contributed by atoms with Crippen molar-refractivity contribution in [2.45, 2.75) is 11.5 Å². The fourth-order valence-corrected chi connectivity index (χ4v) is 4.30. The van der Waals surface area contributed by atoms with Crippen LogP contribution >= 0.6 is 0 Å². The molecular formula is C27H24N2O5S. The molecule has 0 atom stereocenters. The summed E-state index contributed by atoms with van der Waals surface area (Å²) in [5.74, 6) is 0.957. The summed E-state index contributed by atoms with van der Waals surface area (Å²) in [4.78, 5) is 12.6. The van der Waals surface area contributed by atoms with E-state index in [0.29, 0.717) is 35.0 Å². The molecule has 7 nitrogen and oxygen atoms in total. The van der Waals surface area contributed by atoms with Gasteiger partial charge in [-0.3, -0.25) is 9.52 Å². The molecule has 0 fully saturated rings. The lowest BCUT2D eigenvalue weighted by atomic mass is 10.2. The molecule has 4 aromatic carbocycles. The molecule has 35 heavy (non-hydrogen) atoms. The van der Waals surface area contributed by atoms with Gasteiger partial charge in [-0.15, -0.1) is 0 Å². The van der Waals surface area contributed by atoms with Gasteiger partial charge in [0.05, 0.1) is 12.0 Å². The first-order valence-electron chi connectivity index (χ1n) is 10.8. The van der Waals surface area contributed by atoms with E-state index in [2.05, 4.69) is 10.0 Å². The zero-order valence-corrected chi connectivity index (χ0v) is 19.8. The van der Waals surface area contributed by atoms with Crippen molar-refractivity contribution in [3.63, 3.8) is 0 Å². The SMILES string of the molecule is COc1ccc(NS(=O)(=O)c2ccc(C(=O)Nc3ccc(OCc4ccccc4)cc3)cc2)cc1. The van der Waals surface area contributed by atoms with Crippen LogP contribution < -0.4 is 19.5 Å². The van der Waals surface area contributed by atoms with Crippen molar-refractivity contribution in [1.82, 2.24) is 0 Å². The molecule has 0 aliphatic heterocycles. The zero-order valence-electron chi connectivity index (χ0n) is 19.0. The standard InChI is InChI=1S/C27H24N2O5S/c1-33-24-13-11-23(12-14-24)29-35(31,32)26-17-7-21(8-18-26)27(30)28-22-9-15-25(16-10-22)34-19-20-5-3-2-4-6-20/h2-18,29H,19H2,1H3,(H,28,30). The van der Waals surface area contributed by atoms with Crippen LogP contribution in [-0.2, 0) is 16.6 Å². The number of sulfonamides is 1. The summed E-state index contributed by atoms with van der Waals surface area (Å²) >= 11 is 0. The van der Waals surface area contributed by atoms with E-state index in [1.54, 1.807) is 48.5 Å². The van der Waals surface area contributed by atoms with Crippen LogP contribution in [0.25, 0.3) is 0 Å². The van der Waals surface area contributed by atoms with E-state index >= 15 is 0 Å². The highest BCUT2D eigenvalue weighted by Gasteiger charge is 2.15. The van der Waals surface area contributed by atoms with Gasteiger partial charge in [0, 0.05) is 16.9 Å². The summed E-state index contributed by atoms with van der Waals surface area (Å²) in [6, 6.07) is 29.1. The predicted octanol–water partition coefficient (Wildman–Crippen LogP) is 5.33. The van der Waals surface area contributed by atoms with E-state index in [9.17, 15) is 13.2 Å². The second-order valence-electron chi connectivity index (χ2n) is 7.61. The quantitative estimate of drug-likeness (QED) is 0.332. The topological polar surface area (TPSA) is 93.7 Å². The summed E-state index contributed by atoms with van der Waals surface area (Å²) in [7, 11) is -2.27. The van der Waals surface area contributed by atoms with Gasteiger partial charge < -0.3 is 14.8 Å². The predicted molar refractivity (Wildman–Crippen MR) is 135 cm³/mol. The van der Waals surface area contributed by atoms with Gasteiger partial charge in [-0.25, -0.2) is 8.42 Å². The maximum Gasteiger partial charge on any atom is 0.261 e. The van der Waals surface area contributed by atoms with Crippen LogP contribution in [0.2, 0.25) is 0 Å². The molecule has 4 aromatic rings. The Balaban J connectivity index is 1.35. The number of carbonyl (C=O) groups is 1. The number of carbonyl (C=O) groups excluding carboxylic acids is 1. The molecule has 0 saturated carbocycles. The van der Waals surface area contributed by atoms with Gasteiger partial charge in [-0.1, -0.05) is 30.3 Å². The van der Waals surface area contributed by atoms with Crippen LogP contribution in [0.4, 0.5) is 11.4 Å². The average Bonchev–Trinajstić information content (AvgIpc) is 2.89. The summed E-state index contributed by atoms with van der Waals surface area (Å²) in [6.45, 7) is 0.453. The second-order valence-corrected chi connectivity index (χ2v) is 9.29. The number of anilines is 2. The van der Waals surface area contributed by atoms with E-state index in [1.807, 2.05) is 30.3 Å². The summed E-state index contributed by atoms with van der Waals surface area (Å²) in [6.07, 6.45) is 0. The lowest BCUT2D eigenvalue weighted by molar-refractivity contribution is 0.102. The molecule has 0 unspecified atom stereocenters. The van der Waals surface area contributed by atoms with Gasteiger partial charge in [-0.05, 0) is 78.4 Å². The van der Waals surface area contributed by atoms with Gasteiger partial charge in [0.15, 0.2) is 0 Å². The molecule has 4 rings (SSSR count). The molecule has 0 heterocycles. The summed E-state index contributed by atoms with van der Waals surface area (Å²) in [5, 5.41) is 2.80. The molecule has 2 N–H and O–H groups in total. The van der Waals surface area contributed by atoms with Crippen LogP contribution in [0.3, 0.4) is 0 Å².